The van der Waals surface area contributed by atoms with Gasteiger partial charge in [0, 0.05) is 30.2 Å². The van der Waals surface area contributed by atoms with Gasteiger partial charge in [-0.1, -0.05) is 30.3 Å². The SMILES string of the molecule is CCOC(=O)C(C)(C)CCCC(=O)N1CCc2c([nH]c3nccc(Cc4ccccc4)c23)C1. The van der Waals surface area contributed by atoms with Crippen LogP contribution in [0, 0.1) is 5.41 Å². The first kappa shape index (κ1) is 23.0. The fourth-order valence-electron chi connectivity index (χ4n) is 4.67. The van der Waals surface area contributed by atoms with E-state index in [1.165, 1.54) is 22.1 Å². The number of aromatic nitrogens is 2. The van der Waals surface area contributed by atoms with E-state index in [1.807, 2.05) is 37.9 Å². The van der Waals surface area contributed by atoms with Crippen LogP contribution in [0.2, 0.25) is 0 Å². The molecule has 4 rings (SSSR count). The average Bonchev–Trinajstić information content (AvgIpc) is 3.18. The highest BCUT2D eigenvalue weighted by Gasteiger charge is 2.30. The third-order valence-corrected chi connectivity index (χ3v) is 6.56. The maximum Gasteiger partial charge on any atom is 0.311 e. The lowest BCUT2D eigenvalue weighted by molar-refractivity contribution is -0.154. The monoisotopic (exact) mass is 447 g/mol. The molecule has 0 spiro atoms. The maximum absolute atomic E-state index is 12.9. The number of rotatable bonds is 8. The first-order chi connectivity index (χ1) is 15.9. The van der Waals surface area contributed by atoms with E-state index in [0.29, 0.717) is 39.0 Å². The number of carbonyl (C=O) groups is 2. The van der Waals surface area contributed by atoms with Gasteiger partial charge in [-0.2, -0.15) is 0 Å². The molecule has 0 saturated carbocycles. The van der Waals surface area contributed by atoms with Crippen molar-refractivity contribution < 1.29 is 14.3 Å². The number of hydrogen-bond donors (Lipinski definition) is 1. The van der Waals surface area contributed by atoms with Crippen molar-refractivity contribution in [2.24, 2.45) is 5.41 Å². The molecule has 1 aliphatic rings. The van der Waals surface area contributed by atoms with Crippen molar-refractivity contribution in [3.05, 3.63) is 65.0 Å². The Morgan fingerprint density at radius 1 is 1.18 bits per heavy atom. The summed E-state index contributed by atoms with van der Waals surface area (Å²) in [5.41, 5.74) is 5.26. The summed E-state index contributed by atoms with van der Waals surface area (Å²) >= 11 is 0. The van der Waals surface area contributed by atoms with Crippen molar-refractivity contribution in [3.63, 3.8) is 0 Å². The molecule has 1 aliphatic heterocycles. The molecule has 0 saturated heterocycles. The fraction of sp³-hybridized carbons (Fsp3) is 0.444. The lowest BCUT2D eigenvalue weighted by Crippen LogP contribution is -2.36. The first-order valence-corrected chi connectivity index (χ1v) is 11.9. The zero-order chi connectivity index (χ0) is 23.4. The molecular weight excluding hydrogens is 414 g/mol. The normalized spacial score (nSPS) is 13.7. The number of benzene rings is 1. The molecule has 1 amide bonds. The van der Waals surface area contributed by atoms with Crippen molar-refractivity contribution >= 4 is 22.9 Å². The van der Waals surface area contributed by atoms with Crippen LogP contribution in [0.15, 0.2) is 42.6 Å². The molecule has 6 nitrogen and oxygen atoms in total. The largest absolute Gasteiger partial charge is 0.466 e. The molecule has 0 bridgehead atoms. The number of hydrogen-bond acceptors (Lipinski definition) is 4. The summed E-state index contributed by atoms with van der Waals surface area (Å²) in [7, 11) is 0. The van der Waals surface area contributed by atoms with E-state index in [1.54, 1.807) is 0 Å². The van der Waals surface area contributed by atoms with Crippen LogP contribution in [0.25, 0.3) is 11.0 Å². The van der Waals surface area contributed by atoms with E-state index in [9.17, 15) is 9.59 Å². The minimum Gasteiger partial charge on any atom is -0.466 e. The Hall–Kier alpha value is -3.15. The summed E-state index contributed by atoms with van der Waals surface area (Å²) in [5.74, 6) is -0.0617. The van der Waals surface area contributed by atoms with Crippen LogP contribution in [0.5, 0.6) is 0 Å². The van der Waals surface area contributed by atoms with Crippen LogP contribution < -0.4 is 0 Å². The molecule has 6 heteroatoms. The van der Waals surface area contributed by atoms with Gasteiger partial charge >= 0.3 is 5.97 Å². The van der Waals surface area contributed by atoms with E-state index >= 15 is 0 Å². The van der Waals surface area contributed by atoms with Crippen molar-refractivity contribution in [3.8, 4) is 0 Å². The fourth-order valence-corrected chi connectivity index (χ4v) is 4.67. The maximum atomic E-state index is 12.9. The molecule has 1 aromatic carbocycles. The number of aromatic amines is 1. The van der Waals surface area contributed by atoms with Gasteiger partial charge in [0.25, 0.3) is 0 Å². The van der Waals surface area contributed by atoms with Gasteiger partial charge in [-0.3, -0.25) is 9.59 Å². The second kappa shape index (κ2) is 9.77. The summed E-state index contributed by atoms with van der Waals surface area (Å²) in [5, 5.41) is 1.21. The quantitative estimate of drug-likeness (QED) is 0.504. The smallest absolute Gasteiger partial charge is 0.311 e. The van der Waals surface area contributed by atoms with Crippen LogP contribution in [-0.2, 0) is 33.7 Å². The Morgan fingerprint density at radius 2 is 1.97 bits per heavy atom. The zero-order valence-electron chi connectivity index (χ0n) is 19.8. The first-order valence-electron chi connectivity index (χ1n) is 11.9. The molecule has 0 aliphatic carbocycles. The van der Waals surface area contributed by atoms with E-state index < -0.39 is 5.41 Å². The van der Waals surface area contributed by atoms with Gasteiger partial charge in [0.2, 0.25) is 5.91 Å². The Kier molecular flexibility index (Phi) is 6.82. The minimum atomic E-state index is -0.566. The molecule has 1 N–H and O–H groups in total. The molecular formula is C27H33N3O3. The van der Waals surface area contributed by atoms with Gasteiger partial charge in [0.05, 0.1) is 18.6 Å². The predicted octanol–water partition coefficient (Wildman–Crippen LogP) is 4.80. The van der Waals surface area contributed by atoms with Crippen molar-refractivity contribution in [1.82, 2.24) is 14.9 Å². The second-order valence-corrected chi connectivity index (χ2v) is 9.46. The van der Waals surface area contributed by atoms with E-state index in [0.717, 1.165) is 24.2 Å². The third-order valence-electron chi connectivity index (χ3n) is 6.56. The lowest BCUT2D eigenvalue weighted by Gasteiger charge is -2.28. The summed E-state index contributed by atoms with van der Waals surface area (Å²) in [6.07, 6.45) is 5.29. The van der Waals surface area contributed by atoms with Crippen molar-refractivity contribution in [2.75, 3.05) is 13.2 Å². The summed E-state index contributed by atoms with van der Waals surface area (Å²) in [4.78, 5) is 34.9. The molecule has 0 fully saturated rings. The van der Waals surface area contributed by atoms with Crippen LogP contribution in [0.3, 0.4) is 0 Å². The number of carbonyl (C=O) groups excluding carboxylic acids is 2. The molecule has 3 heterocycles. The molecule has 174 valence electrons. The Balaban J connectivity index is 1.42. The highest BCUT2D eigenvalue weighted by Crippen LogP contribution is 2.31. The number of pyridine rings is 1. The highest BCUT2D eigenvalue weighted by atomic mass is 16.5. The Bertz CT molecular complexity index is 1130. The number of amides is 1. The van der Waals surface area contributed by atoms with E-state index in [2.05, 4.69) is 40.3 Å². The Morgan fingerprint density at radius 3 is 2.73 bits per heavy atom. The zero-order valence-corrected chi connectivity index (χ0v) is 19.8. The van der Waals surface area contributed by atoms with Crippen LogP contribution in [0.4, 0.5) is 0 Å². The third kappa shape index (κ3) is 5.10. The summed E-state index contributed by atoms with van der Waals surface area (Å²) in [6.45, 7) is 7.24. The van der Waals surface area contributed by atoms with Gasteiger partial charge in [0.1, 0.15) is 5.65 Å². The molecule has 0 radical (unpaired) electrons. The summed E-state index contributed by atoms with van der Waals surface area (Å²) in [6, 6.07) is 12.6. The average molecular weight is 448 g/mol. The van der Waals surface area contributed by atoms with E-state index in [4.69, 9.17) is 4.74 Å². The molecule has 0 unspecified atom stereocenters. The number of H-pyrrole nitrogens is 1. The molecule has 2 aromatic heterocycles. The number of nitrogens with zero attached hydrogens (tertiary/aromatic N) is 2. The van der Waals surface area contributed by atoms with Crippen LogP contribution in [0.1, 0.15) is 62.4 Å². The van der Waals surface area contributed by atoms with Crippen molar-refractivity contribution in [2.45, 2.75) is 59.4 Å². The van der Waals surface area contributed by atoms with Gasteiger partial charge in [-0.05, 0) is 69.2 Å². The van der Waals surface area contributed by atoms with E-state index in [-0.39, 0.29) is 11.9 Å². The van der Waals surface area contributed by atoms with Crippen LogP contribution in [-0.4, -0.2) is 39.9 Å². The molecule has 33 heavy (non-hydrogen) atoms. The highest BCUT2D eigenvalue weighted by molar-refractivity contribution is 5.86. The summed E-state index contributed by atoms with van der Waals surface area (Å²) < 4.78 is 5.15. The number of fused-ring (bicyclic) bond motifs is 3. The second-order valence-electron chi connectivity index (χ2n) is 9.46. The number of ether oxygens (including phenoxy) is 1. The number of nitrogens with one attached hydrogen (secondary N) is 1. The van der Waals surface area contributed by atoms with Gasteiger partial charge in [-0.25, -0.2) is 4.98 Å². The van der Waals surface area contributed by atoms with Crippen molar-refractivity contribution in [1.29, 1.82) is 0 Å². The Labute approximate surface area is 195 Å². The standard InChI is InChI=1S/C27H33N3O3/c1-4-33-26(32)27(2,3)14-8-11-23(31)30-16-13-21-22(18-30)29-25-24(21)20(12-15-28-25)17-19-9-6-5-7-10-19/h5-7,9-10,12,15H,4,8,11,13-14,16-18H2,1-3H3,(H,28,29). The number of esters is 1. The van der Waals surface area contributed by atoms with Gasteiger partial charge in [-0.15, -0.1) is 0 Å². The lowest BCUT2D eigenvalue weighted by atomic mass is 9.87. The topological polar surface area (TPSA) is 75.3 Å². The molecule has 0 atom stereocenters. The van der Waals surface area contributed by atoms with Crippen LogP contribution >= 0.6 is 0 Å². The molecule has 3 aromatic rings. The van der Waals surface area contributed by atoms with Gasteiger partial charge < -0.3 is 14.6 Å². The minimum absolute atomic E-state index is 0.136. The van der Waals surface area contributed by atoms with Gasteiger partial charge in [0.15, 0.2) is 0 Å². The predicted molar refractivity (Wildman–Crippen MR) is 129 cm³/mol.